The molecule has 1 atom stereocenters. The molecule has 138 valence electrons. The van der Waals surface area contributed by atoms with Crippen LogP contribution in [0.2, 0.25) is 0 Å². The molecule has 0 spiro atoms. The molecular formula is C20H31N3O2. The minimum absolute atomic E-state index is 0.0148. The van der Waals surface area contributed by atoms with Crippen LogP contribution in [0.3, 0.4) is 0 Å². The van der Waals surface area contributed by atoms with Gasteiger partial charge in [0, 0.05) is 31.7 Å². The van der Waals surface area contributed by atoms with E-state index in [9.17, 15) is 9.90 Å². The number of nitrogens with one attached hydrogen (secondary N) is 1. The Morgan fingerprint density at radius 2 is 1.92 bits per heavy atom. The van der Waals surface area contributed by atoms with E-state index in [0.717, 1.165) is 31.0 Å². The van der Waals surface area contributed by atoms with E-state index >= 15 is 0 Å². The van der Waals surface area contributed by atoms with Crippen molar-refractivity contribution in [1.82, 2.24) is 15.1 Å². The highest BCUT2D eigenvalue weighted by Gasteiger charge is 2.29. The monoisotopic (exact) mass is 345 g/mol. The van der Waals surface area contributed by atoms with Crippen LogP contribution < -0.4 is 5.32 Å². The molecule has 0 bridgehead atoms. The van der Waals surface area contributed by atoms with Crippen molar-refractivity contribution >= 4 is 6.03 Å². The third-order valence-electron chi connectivity index (χ3n) is 5.49. The highest BCUT2D eigenvalue weighted by molar-refractivity contribution is 5.74. The Bertz CT molecular complexity index is 531. The molecule has 25 heavy (non-hydrogen) atoms. The Morgan fingerprint density at radius 3 is 2.64 bits per heavy atom. The minimum Gasteiger partial charge on any atom is -0.395 e. The summed E-state index contributed by atoms with van der Waals surface area (Å²) in [4.78, 5) is 17.0. The van der Waals surface area contributed by atoms with Crippen LogP contribution in [0.1, 0.15) is 44.1 Å². The van der Waals surface area contributed by atoms with Crippen molar-refractivity contribution in [3.63, 3.8) is 0 Å². The lowest BCUT2D eigenvalue weighted by Crippen LogP contribution is -2.53. The van der Waals surface area contributed by atoms with Crippen molar-refractivity contribution in [2.75, 3.05) is 26.2 Å². The zero-order chi connectivity index (χ0) is 17.5. The van der Waals surface area contributed by atoms with Crippen LogP contribution >= 0.6 is 0 Å². The lowest BCUT2D eigenvalue weighted by atomic mass is 10.0. The fourth-order valence-electron chi connectivity index (χ4n) is 4.17. The zero-order valence-electron chi connectivity index (χ0n) is 15.1. The molecule has 2 fully saturated rings. The summed E-state index contributed by atoms with van der Waals surface area (Å²) in [6, 6.07) is 10.8. The maximum Gasteiger partial charge on any atom is 0.318 e. The van der Waals surface area contributed by atoms with Gasteiger partial charge in [-0.05, 0) is 37.8 Å². The number of carbonyl (C=O) groups excluding carboxylic acids is 1. The number of amides is 2. The lowest BCUT2D eigenvalue weighted by Gasteiger charge is -2.37. The second kappa shape index (κ2) is 9.20. The number of rotatable bonds is 6. The van der Waals surface area contributed by atoms with Gasteiger partial charge in [0.25, 0.3) is 0 Å². The summed E-state index contributed by atoms with van der Waals surface area (Å²) in [6.07, 6.45) is 7.52. The van der Waals surface area contributed by atoms with Crippen molar-refractivity contribution < 1.29 is 9.90 Å². The molecule has 3 rings (SSSR count). The quantitative estimate of drug-likeness (QED) is 0.833. The van der Waals surface area contributed by atoms with Gasteiger partial charge in [0.05, 0.1) is 6.61 Å². The number of aliphatic hydroxyl groups is 1. The van der Waals surface area contributed by atoms with Crippen LogP contribution in [0.15, 0.2) is 30.3 Å². The number of likely N-dealkylation sites (tertiary alicyclic amines) is 1. The molecule has 1 aromatic carbocycles. The SMILES string of the molecule is O=C(N[C@@H]1CCCN(C2CCCC2)C1)N(CCO)Cc1ccccc1. The Balaban J connectivity index is 1.54. The van der Waals surface area contributed by atoms with Crippen molar-refractivity contribution in [3.8, 4) is 0 Å². The number of hydrogen-bond donors (Lipinski definition) is 2. The maximum atomic E-state index is 12.7. The molecule has 1 heterocycles. The first-order chi connectivity index (χ1) is 12.3. The second-order valence-corrected chi connectivity index (χ2v) is 7.35. The van der Waals surface area contributed by atoms with Gasteiger partial charge in [-0.15, -0.1) is 0 Å². The standard InChI is InChI=1S/C20H31N3O2/c24-14-13-23(15-17-7-2-1-3-8-17)20(25)21-18-9-6-12-22(16-18)19-10-4-5-11-19/h1-3,7-8,18-19,24H,4-6,9-16H2,(H,21,25)/t18-/m1/s1. The van der Waals surface area contributed by atoms with E-state index < -0.39 is 0 Å². The fraction of sp³-hybridized carbons (Fsp3) is 0.650. The van der Waals surface area contributed by atoms with Crippen LogP contribution in [0.25, 0.3) is 0 Å². The van der Waals surface area contributed by atoms with Crippen molar-refractivity contribution in [1.29, 1.82) is 0 Å². The molecule has 1 aliphatic heterocycles. The third-order valence-corrected chi connectivity index (χ3v) is 5.49. The van der Waals surface area contributed by atoms with Crippen LogP contribution in [-0.4, -0.2) is 59.3 Å². The highest BCUT2D eigenvalue weighted by atomic mass is 16.3. The highest BCUT2D eigenvalue weighted by Crippen LogP contribution is 2.26. The van der Waals surface area contributed by atoms with Crippen LogP contribution in [-0.2, 0) is 6.54 Å². The first-order valence-corrected chi connectivity index (χ1v) is 9.70. The molecule has 2 amide bonds. The Hall–Kier alpha value is -1.59. The maximum absolute atomic E-state index is 12.7. The van der Waals surface area contributed by atoms with Crippen molar-refractivity contribution in [3.05, 3.63) is 35.9 Å². The number of hydrogen-bond acceptors (Lipinski definition) is 3. The van der Waals surface area contributed by atoms with Crippen molar-refractivity contribution in [2.24, 2.45) is 0 Å². The number of urea groups is 1. The van der Waals surface area contributed by atoms with E-state index in [4.69, 9.17) is 0 Å². The van der Waals surface area contributed by atoms with Gasteiger partial charge in [-0.1, -0.05) is 43.2 Å². The molecule has 1 saturated heterocycles. The molecule has 5 nitrogen and oxygen atoms in total. The average Bonchev–Trinajstić information content (AvgIpc) is 3.17. The topological polar surface area (TPSA) is 55.8 Å². The largest absolute Gasteiger partial charge is 0.395 e. The van der Waals surface area contributed by atoms with Gasteiger partial charge in [-0.25, -0.2) is 4.79 Å². The number of aliphatic hydroxyl groups excluding tert-OH is 1. The number of piperidine rings is 1. The van der Waals surface area contributed by atoms with Gasteiger partial charge in [0.15, 0.2) is 0 Å². The van der Waals surface area contributed by atoms with Gasteiger partial charge in [-0.2, -0.15) is 0 Å². The zero-order valence-corrected chi connectivity index (χ0v) is 15.1. The summed E-state index contributed by atoms with van der Waals surface area (Å²) >= 11 is 0. The number of benzene rings is 1. The molecule has 0 aromatic heterocycles. The molecule has 0 unspecified atom stereocenters. The van der Waals surface area contributed by atoms with E-state index in [2.05, 4.69) is 10.2 Å². The second-order valence-electron chi connectivity index (χ2n) is 7.35. The Morgan fingerprint density at radius 1 is 1.16 bits per heavy atom. The number of nitrogens with zero attached hydrogens (tertiary/aromatic N) is 2. The smallest absolute Gasteiger partial charge is 0.318 e. The molecule has 2 N–H and O–H groups in total. The predicted molar refractivity (Wildman–Crippen MR) is 99.3 cm³/mol. The van der Waals surface area contributed by atoms with E-state index in [1.54, 1.807) is 4.90 Å². The normalized spacial score (nSPS) is 22.0. The summed E-state index contributed by atoms with van der Waals surface area (Å²) in [5.41, 5.74) is 1.09. The summed E-state index contributed by atoms with van der Waals surface area (Å²) in [5, 5.41) is 12.5. The molecule has 0 radical (unpaired) electrons. The van der Waals surface area contributed by atoms with E-state index in [1.807, 2.05) is 30.3 Å². The van der Waals surface area contributed by atoms with Crippen LogP contribution in [0.5, 0.6) is 0 Å². The molecule has 1 aromatic rings. The lowest BCUT2D eigenvalue weighted by molar-refractivity contribution is 0.129. The van der Waals surface area contributed by atoms with Gasteiger partial charge in [0.2, 0.25) is 0 Å². The molecule has 5 heteroatoms. The van der Waals surface area contributed by atoms with Crippen LogP contribution in [0, 0.1) is 0 Å². The average molecular weight is 345 g/mol. The van der Waals surface area contributed by atoms with Gasteiger partial charge < -0.3 is 15.3 Å². The van der Waals surface area contributed by atoms with Gasteiger partial charge >= 0.3 is 6.03 Å². The Kier molecular flexibility index (Phi) is 6.70. The summed E-state index contributed by atoms with van der Waals surface area (Å²) in [6.45, 7) is 3.02. The van der Waals surface area contributed by atoms with Gasteiger partial charge in [0.1, 0.15) is 0 Å². The van der Waals surface area contributed by atoms with E-state index in [-0.39, 0.29) is 18.7 Å². The van der Waals surface area contributed by atoms with E-state index in [0.29, 0.717) is 13.1 Å². The van der Waals surface area contributed by atoms with E-state index in [1.165, 1.54) is 32.2 Å². The fourth-order valence-corrected chi connectivity index (χ4v) is 4.17. The first kappa shape index (κ1) is 18.2. The first-order valence-electron chi connectivity index (χ1n) is 9.70. The summed E-state index contributed by atoms with van der Waals surface area (Å²) in [5.74, 6) is 0. The number of carbonyl (C=O) groups is 1. The Labute approximate surface area is 151 Å². The molecular weight excluding hydrogens is 314 g/mol. The van der Waals surface area contributed by atoms with Crippen LogP contribution in [0.4, 0.5) is 4.79 Å². The molecule has 1 aliphatic carbocycles. The molecule has 2 aliphatic rings. The minimum atomic E-state index is -0.0591. The van der Waals surface area contributed by atoms with Crippen molar-refractivity contribution in [2.45, 2.75) is 57.2 Å². The molecule has 1 saturated carbocycles. The van der Waals surface area contributed by atoms with Gasteiger partial charge in [-0.3, -0.25) is 4.90 Å². The summed E-state index contributed by atoms with van der Waals surface area (Å²) in [7, 11) is 0. The predicted octanol–water partition coefficient (Wildman–Crippen LogP) is 2.60. The summed E-state index contributed by atoms with van der Waals surface area (Å²) < 4.78 is 0. The third kappa shape index (κ3) is 5.19.